The third-order valence-corrected chi connectivity index (χ3v) is 5.40. The molecule has 0 saturated carbocycles. The van der Waals surface area contributed by atoms with Gasteiger partial charge in [0.2, 0.25) is 0 Å². The zero-order chi connectivity index (χ0) is 16.7. The molecular weight excluding hydrogens is 282 g/mol. The second-order valence-electron chi connectivity index (χ2n) is 7.87. The van der Waals surface area contributed by atoms with Crippen LogP contribution in [0.15, 0.2) is 24.3 Å². The number of hydrogen-bond donors (Lipinski definition) is 0. The molecule has 1 saturated heterocycles. The normalized spacial score (nSPS) is 19.7. The highest BCUT2D eigenvalue weighted by molar-refractivity contribution is 5.31. The highest BCUT2D eigenvalue weighted by Crippen LogP contribution is 2.28. The number of nitrogens with zero attached hydrogens (tertiary/aromatic N) is 1. The van der Waals surface area contributed by atoms with Crippen molar-refractivity contribution in [2.75, 3.05) is 26.2 Å². The number of ether oxygens (including phenoxy) is 1. The van der Waals surface area contributed by atoms with E-state index >= 15 is 0 Å². The molecular formula is C21H35NO. The number of likely N-dealkylation sites (tertiary alicyclic amines) is 1. The van der Waals surface area contributed by atoms with Crippen LogP contribution in [-0.2, 0) is 5.41 Å². The predicted octanol–water partition coefficient (Wildman–Crippen LogP) is 5.27. The predicted molar refractivity (Wildman–Crippen MR) is 99.3 cm³/mol. The molecule has 0 amide bonds. The van der Waals surface area contributed by atoms with Gasteiger partial charge in [-0.3, -0.25) is 0 Å². The summed E-state index contributed by atoms with van der Waals surface area (Å²) in [5, 5.41) is 0. The Kier molecular flexibility index (Phi) is 6.95. The second kappa shape index (κ2) is 8.73. The smallest absolute Gasteiger partial charge is 0.119 e. The van der Waals surface area contributed by atoms with Crippen LogP contribution >= 0.6 is 0 Å². The van der Waals surface area contributed by atoms with Gasteiger partial charge in [0.1, 0.15) is 5.75 Å². The van der Waals surface area contributed by atoms with Gasteiger partial charge in [-0.25, -0.2) is 0 Å². The van der Waals surface area contributed by atoms with E-state index in [0.717, 1.165) is 31.1 Å². The van der Waals surface area contributed by atoms with Crippen molar-refractivity contribution in [2.45, 2.75) is 65.2 Å². The van der Waals surface area contributed by atoms with Crippen LogP contribution in [0.3, 0.4) is 0 Å². The van der Waals surface area contributed by atoms with E-state index in [1.807, 2.05) is 0 Å². The summed E-state index contributed by atoms with van der Waals surface area (Å²) >= 11 is 0. The van der Waals surface area contributed by atoms with Gasteiger partial charge in [-0.15, -0.1) is 0 Å². The standard InChI is InChI=1S/C21H35NO/c1-5-21(3,4)19-10-12-20(13-11-19)23-16-7-6-14-22-15-8-9-18(2)17-22/h10-13,18H,5-9,14-17H2,1-4H3. The molecule has 2 nitrogen and oxygen atoms in total. The van der Waals surface area contributed by atoms with Crippen molar-refractivity contribution in [3.63, 3.8) is 0 Å². The van der Waals surface area contributed by atoms with Gasteiger partial charge in [0.15, 0.2) is 0 Å². The molecule has 1 heterocycles. The van der Waals surface area contributed by atoms with Crippen molar-refractivity contribution in [1.82, 2.24) is 4.90 Å². The Bertz CT molecular complexity index is 451. The fourth-order valence-corrected chi connectivity index (χ4v) is 3.32. The molecule has 0 N–H and O–H groups in total. The van der Waals surface area contributed by atoms with Gasteiger partial charge in [-0.05, 0) is 74.2 Å². The van der Waals surface area contributed by atoms with Gasteiger partial charge in [-0.2, -0.15) is 0 Å². The highest BCUT2D eigenvalue weighted by Gasteiger charge is 2.17. The van der Waals surface area contributed by atoms with Crippen molar-refractivity contribution in [1.29, 1.82) is 0 Å². The molecule has 0 aliphatic carbocycles. The average Bonchev–Trinajstić information content (AvgIpc) is 2.55. The SMILES string of the molecule is CCC(C)(C)c1ccc(OCCCCN2CCCC(C)C2)cc1. The van der Waals surface area contributed by atoms with Crippen LogP contribution in [0.4, 0.5) is 0 Å². The Morgan fingerprint density at radius 1 is 1.17 bits per heavy atom. The molecule has 1 atom stereocenters. The minimum Gasteiger partial charge on any atom is -0.494 e. The molecule has 0 aromatic heterocycles. The lowest BCUT2D eigenvalue weighted by molar-refractivity contribution is 0.177. The van der Waals surface area contributed by atoms with E-state index in [2.05, 4.69) is 56.9 Å². The summed E-state index contributed by atoms with van der Waals surface area (Å²) < 4.78 is 5.90. The number of hydrogen-bond acceptors (Lipinski definition) is 2. The van der Waals surface area contributed by atoms with Crippen LogP contribution in [0.1, 0.15) is 65.4 Å². The molecule has 1 aliphatic rings. The molecule has 0 spiro atoms. The van der Waals surface area contributed by atoms with Crippen molar-refractivity contribution < 1.29 is 4.74 Å². The Labute approximate surface area is 143 Å². The quantitative estimate of drug-likeness (QED) is 0.606. The van der Waals surface area contributed by atoms with E-state index in [4.69, 9.17) is 4.74 Å². The lowest BCUT2D eigenvalue weighted by Crippen LogP contribution is -2.35. The molecule has 1 aromatic rings. The average molecular weight is 318 g/mol. The molecule has 23 heavy (non-hydrogen) atoms. The topological polar surface area (TPSA) is 12.5 Å². The lowest BCUT2D eigenvalue weighted by Gasteiger charge is -2.30. The highest BCUT2D eigenvalue weighted by atomic mass is 16.5. The van der Waals surface area contributed by atoms with Crippen LogP contribution in [0.5, 0.6) is 5.75 Å². The Morgan fingerprint density at radius 3 is 2.57 bits per heavy atom. The Hall–Kier alpha value is -1.02. The summed E-state index contributed by atoms with van der Waals surface area (Å²) in [4.78, 5) is 2.62. The van der Waals surface area contributed by atoms with E-state index in [9.17, 15) is 0 Å². The van der Waals surface area contributed by atoms with Crippen molar-refractivity contribution in [3.8, 4) is 5.75 Å². The molecule has 1 unspecified atom stereocenters. The fourth-order valence-electron chi connectivity index (χ4n) is 3.32. The number of piperidine rings is 1. The Morgan fingerprint density at radius 2 is 1.91 bits per heavy atom. The molecule has 2 heteroatoms. The van der Waals surface area contributed by atoms with Gasteiger partial charge in [0.25, 0.3) is 0 Å². The van der Waals surface area contributed by atoms with E-state index in [0.29, 0.717) is 0 Å². The summed E-state index contributed by atoms with van der Waals surface area (Å²) in [5.41, 5.74) is 1.65. The first kappa shape index (κ1) is 18.3. The summed E-state index contributed by atoms with van der Waals surface area (Å²) in [6.45, 7) is 13.9. The minimum atomic E-state index is 0.254. The first-order valence-corrected chi connectivity index (χ1v) is 9.47. The first-order valence-electron chi connectivity index (χ1n) is 9.47. The van der Waals surface area contributed by atoms with E-state index in [1.165, 1.54) is 44.5 Å². The van der Waals surface area contributed by atoms with Crippen molar-refractivity contribution in [3.05, 3.63) is 29.8 Å². The minimum absolute atomic E-state index is 0.254. The zero-order valence-corrected chi connectivity index (χ0v) is 15.6. The van der Waals surface area contributed by atoms with Crippen LogP contribution < -0.4 is 4.74 Å². The third-order valence-electron chi connectivity index (χ3n) is 5.40. The van der Waals surface area contributed by atoms with Gasteiger partial charge < -0.3 is 9.64 Å². The first-order chi connectivity index (χ1) is 11.0. The molecule has 0 radical (unpaired) electrons. The van der Waals surface area contributed by atoms with Crippen LogP contribution in [0.2, 0.25) is 0 Å². The van der Waals surface area contributed by atoms with Crippen LogP contribution in [0, 0.1) is 5.92 Å². The van der Waals surface area contributed by atoms with Gasteiger partial charge >= 0.3 is 0 Å². The number of benzene rings is 1. The molecule has 1 aliphatic heterocycles. The van der Waals surface area contributed by atoms with E-state index in [-0.39, 0.29) is 5.41 Å². The molecule has 2 rings (SSSR count). The molecule has 130 valence electrons. The largest absolute Gasteiger partial charge is 0.494 e. The summed E-state index contributed by atoms with van der Waals surface area (Å²) in [5.74, 6) is 1.89. The van der Waals surface area contributed by atoms with E-state index < -0.39 is 0 Å². The van der Waals surface area contributed by atoms with Gasteiger partial charge in [0, 0.05) is 6.54 Å². The zero-order valence-electron chi connectivity index (χ0n) is 15.6. The third kappa shape index (κ3) is 5.84. The maximum atomic E-state index is 5.90. The summed E-state index contributed by atoms with van der Waals surface area (Å²) in [6.07, 6.45) is 6.33. The van der Waals surface area contributed by atoms with Crippen LogP contribution in [-0.4, -0.2) is 31.1 Å². The Balaban J connectivity index is 1.64. The molecule has 1 fully saturated rings. The lowest BCUT2D eigenvalue weighted by atomic mass is 9.82. The maximum Gasteiger partial charge on any atom is 0.119 e. The van der Waals surface area contributed by atoms with Crippen molar-refractivity contribution >= 4 is 0 Å². The summed E-state index contributed by atoms with van der Waals surface area (Å²) in [7, 11) is 0. The fraction of sp³-hybridized carbons (Fsp3) is 0.714. The summed E-state index contributed by atoms with van der Waals surface area (Å²) in [6, 6.07) is 8.68. The number of rotatable bonds is 8. The molecule has 0 bridgehead atoms. The van der Waals surface area contributed by atoms with E-state index in [1.54, 1.807) is 0 Å². The second-order valence-corrected chi connectivity index (χ2v) is 7.87. The molecule has 1 aromatic carbocycles. The van der Waals surface area contributed by atoms with Gasteiger partial charge in [-0.1, -0.05) is 39.8 Å². The maximum absolute atomic E-state index is 5.90. The number of unbranched alkanes of at least 4 members (excludes halogenated alkanes) is 1. The van der Waals surface area contributed by atoms with Crippen molar-refractivity contribution in [2.24, 2.45) is 5.92 Å². The van der Waals surface area contributed by atoms with Gasteiger partial charge in [0.05, 0.1) is 6.61 Å². The van der Waals surface area contributed by atoms with Crippen LogP contribution in [0.25, 0.3) is 0 Å². The monoisotopic (exact) mass is 317 g/mol.